The second-order valence-electron chi connectivity index (χ2n) is 4.65. The first-order valence-electron chi connectivity index (χ1n) is 6.31. The highest BCUT2D eigenvalue weighted by atomic mass is 16.5. The average molecular weight is 262 g/mol. The monoisotopic (exact) mass is 262 g/mol. The summed E-state index contributed by atoms with van der Waals surface area (Å²) in [5.74, 6) is 0.367. The molecule has 0 saturated heterocycles. The fourth-order valence-electron chi connectivity index (χ4n) is 1.81. The highest BCUT2D eigenvalue weighted by Crippen LogP contribution is 2.22. The van der Waals surface area contributed by atoms with E-state index in [9.17, 15) is 9.59 Å². The van der Waals surface area contributed by atoms with E-state index in [2.05, 4.69) is 5.32 Å². The minimum Gasteiger partial charge on any atom is -0.497 e. The van der Waals surface area contributed by atoms with Gasteiger partial charge in [0.25, 0.3) is 0 Å². The third kappa shape index (κ3) is 3.71. The molecule has 102 valence electrons. The van der Waals surface area contributed by atoms with Crippen LogP contribution in [0.15, 0.2) is 24.3 Å². The van der Waals surface area contributed by atoms with Crippen LogP contribution in [-0.4, -0.2) is 31.5 Å². The summed E-state index contributed by atoms with van der Waals surface area (Å²) in [7, 11) is 1.57. The molecule has 1 aromatic carbocycles. The number of nitrogens with one attached hydrogen (secondary N) is 1. The summed E-state index contributed by atoms with van der Waals surface area (Å²) in [6.07, 6.45) is 2.07. The van der Waals surface area contributed by atoms with Gasteiger partial charge in [0.2, 0.25) is 11.8 Å². The Morgan fingerprint density at radius 2 is 2.16 bits per heavy atom. The smallest absolute Gasteiger partial charge is 0.240 e. The van der Waals surface area contributed by atoms with E-state index in [1.807, 2.05) is 0 Å². The fourth-order valence-corrected chi connectivity index (χ4v) is 1.81. The van der Waals surface area contributed by atoms with Crippen molar-refractivity contribution in [2.45, 2.75) is 25.8 Å². The molecule has 0 radical (unpaired) electrons. The Labute approximate surface area is 112 Å². The fraction of sp³-hybridized carbons (Fsp3) is 0.429. The maximum atomic E-state index is 11.8. The van der Waals surface area contributed by atoms with Gasteiger partial charge in [0.05, 0.1) is 7.11 Å². The van der Waals surface area contributed by atoms with Crippen LogP contribution in [0.3, 0.4) is 0 Å². The molecule has 0 unspecified atom stereocenters. The molecule has 5 heteroatoms. The number of carbonyl (C=O) groups is 2. The molecule has 1 saturated carbocycles. The molecule has 0 bridgehead atoms. The number of anilines is 1. The van der Waals surface area contributed by atoms with Gasteiger partial charge >= 0.3 is 0 Å². The molecular formula is C14H18N2O3. The number of hydrogen-bond donors (Lipinski definition) is 1. The van der Waals surface area contributed by atoms with Crippen LogP contribution in [0.5, 0.6) is 5.75 Å². The van der Waals surface area contributed by atoms with Crippen LogP contribution in [0, 0.1) is 0 Å². The van der Waals surface area contributed by atoms with Crippen molar-refractivity contribution in [1.82, 2.24) is 5.32 Å². The molecule has 1 aliphatic carbocycles. The molecule has 0 aromatic heterocycles. The van der Waals surface area contributed by atoms with Gasteiger partial charge in [-0.1, -0.05) is 6.07 Å². The Kier molecular flexibility index (Phi) is 4.04. The van der Waals surface area contributed by atoms with E-state index < -0.39 is 0 Å². The van der Waals surface area contributed by atoms with Gasteiger partial charge in [-0.25, -0.2) is 0 Å². The summed E-state index contributed by atoms with van der Waals surface area (Å²) >= 11 is 0. The van der Waals surface area contributed by atoms with Crippen molar-refractivity contribution in [3.8, 4) is 5.75 Å². The largest absolute Gasteiger partial charge is 0.497 e. The first-order chi connectivity index (χ1) is 9.10. The van der Waals surface area contributed by atoms with Gasteiger partial charge in [-0.15, -0.1) is 0 Å². The van der Waals surface area contributed by atoms with Gasteiger partial charge < -0.3 is 15.0 Å². The number of methoxy groups -OCH3 is 1. The molecule has 2 rings (SSSR count). The van der Waals surface area contributed by atoms with E-state index in [4.69, 9.17) is 4.74 Å². The van der Waals surface area contributed by atoms with Crippen molar-refractivity contribution < 1.29 is 14.3 Å². The Bertz CT molecular complexity index is 483. The van der Waals surface area contributed by atoms with Crippen LogP contribution in [0.1, 0.15) is 19.8 Å². The van der Waals surface area contributed by atoms with Crippen LogP contribution >= 0.6 is 0 Å². The quantitative estimate of drug-likeness (QED) is 0.870. The molecule has 5 nitrogen and oxygen atoms in total. The van der Waals surface area contributed by atoms with Crippen molar-refractivity contribution in [3.05, 3.63) is 24.3 Å². The molecule has 19 heavy (non-hydrogen) atoms. The van der Waals surface area contributed by atoms with Gasteiger partial charge in [0, 0.05) is 24.7 Å². The highest BCUT2D eigenvalue weighted by molar-refractivity contribution is 5.97. The maximum Gasteiger partial charge on any atom is 0.240 e. The third-order valence-corrected chi connectivity index (χ3v) is 2.99. The summed E-state index contributed by atoms with van der Waals surface area (Å²) in [6, 6.07) is 7.42. The minimum absolute atomic E-state index is 0.0407. The minimum atomic E-state index is -0.167. The van der Waals surface area contributed by atoms with Crippen LogP contribution in [0.25, 0.3) is 0 Å². The highest BCUT2D eigenvalue weighted by Gasteiger charge is 2.25. The molecule has 1 N–H and O–H groups in total. The molecule has 2 amide bonds. The molecule has 0 heterocycles. The zero-order chi connectivity index (χ0) is 13.8. The van der Waals surface area contributed by atoms with Gasteiger partial charge in [0.15, 0.2) is 0 Å². The van der Waals surface area contributed by atoms with Crippen LogP contribution in [0.2, 0.25) is 0 Å². The van der Waals surface area contributed by atoms with Gasteiger partial charge in [-0.05, 0) is 25.0 Å². The van der Waals surface area contributed by atoms with E-state index in [1.165, 1.54) is 11.8 Å². The second kappa shape index (κ2) is 5.73. The summed E-state index contributed by atoms with van der Waals surface area (Å²) in [6.45, 7) is 1.49. The zero-order valence-electron chi connectivity index (χ0n) is 11.2. The number of rotatable bonds is 5. The number of carbonyl (C=O) groups excluding carboxylic acids is 2. The number of benzene rings is 1. The van der Waals surface area contributed by atoms with E-state index in [-0.39, 0.29) is 18.4 Å². The topological polar surface area (TPSA) is 58.6 Å². The first-order valence-corrected chi connectivity index (χ1v) is 6.31. The van der Waals surface area contributed by atoms with Crippen LogP contribution in [-0.2, 0) is 9.59 Å². The molecular weight excluding hydrogens is 244 g/mol. The van der Waals surface area contributed by atoms with Crippen LogP contribution in [0.4, 0.5) is 5.69 Å². The SMILES string of the molecule is COc1cccc(N(CC(=O)NC2CC2)C(C)=O)c1. The van der Waals surface area contributed by atoms with E-state index in [1.54, 1.807) is 31.4 Å². The molecule has 1 fully saturated rings. The van der Waals surface area contributed by atoms with E-state index in [0.29, 0.717) is 17.5 Å². The predicted octanol–water partition coefficient (Wildman–Crippen LogP) is 1.33. The lowest BCUT2D eigenvalue weighted by Gasteiger charge is -2.21. The standard InChI is InChI=1S/C14H18N2O3/c1-10(17)16(9-14(18)15-11-6-7-11)12-4-3-5-13(8-12)19-2/h3-5,8,11H,6-7,9H2,1-2H3,(H,15,18). The summed E-state index contributed by atoms with van der Waals surface area (Å²) in [5.41, 5.74) is 0.665. The van der Waals surface area contributed by atoms with Crippen molar-refractivity contribution in [1.29, 1.82) is 0 Å². The summed E-state index contributed by atoms with van der Waals surface area (Å²) in [5, 5.41) is 2.87. The Morgan fingerprint density at radius 3 is 2.74 bits per heavy atom. The third-order valence-electron chi connectivity index (χ3n) is 2.99. The van der Waals surface area contributed by atoms with Crippen molar-refractivity contribution in [3.63, 3.8) is 0 Å². The Balaban J connectivity index is 2.09. The Morgan fingerprint density at radius 1 is 1.42 bits per heavy atom. The van der Waals surface area contributed by atoms with Crippen molar-refractivity contribution >= 4 is 17.5 Å². The number of amides is 2. The van der Waals surface area contributed by atoms with Gasteiger partial charge in [0.1, 0.15) is 12.3 Å². The molecule has 1 aliphatic rings. The summed E-state index contributed by atoms with van der Waals surface area (Å²) in [4.78, 5) is 24.9. The van der Waals surface area contributed by atoms with E-state index >= 15 is 0 Å². The average Bonchev–Trinajstić information content (AvgIpc) is 3.19. The number of ether oxygens (including phenoxy) is 1. The maximum absolute atomic E-state index is 11.8. The predicted molar refractivity (Wildman–Crippen MR) is 72.2 cm³/mol. The first kappa shape index (κ1) is 13.4. The lowest BCUT2D eigenvalue weighted by Crippen LogP contribution is -2.40. The number of nitrogens with zero attached hydrogens (tertiary/aromatic N) is 1. The molecule has 0 spiro atoms. The second-order valence-corrected chi connectivity index (χ2v) is 4.65. The van der Waals surface area contributed by atoms with Crippen molar-refractivity contribution in [2.75, 3.05) is 18.6 Å². The molecule has 0 atom stereocenters. The van der Waals surface area contributed by atoms with Crippen molar-refractivity contribution in [2.24, 2.45) is 0 Å². The summed E-state index contributed by atoms with van der Waals surface area (Å²) < 4.78 is 5.13. The normalized spacial score (nSPS) is 13.8. The van der Waals surface area contributed by atoms with Crippen LogP contribution < -0.4 is 15.0 Å². The van der Waals surface area contributed by atoms with Gasteiger partial charge in [-0.2, -0.15) is 0 Å². The molecule has 0 aliphatic heterocycles. The number of hydrogen-bond acceptors (Lipinski definition) is 3. The zero-order valence-corrected chi connectivity index (χ0v) is 11.2. The Hall–Kier alpha value is -2.04. The molecule has 1 aromatic rings. The van der Waals surface area contributed by atoms with E-state index in [0.717, 1.165) is 12.8 Å². The lowest BCUT2D eigenvalue weighted by molar-refractivity contribution is -0.123. The van der Waals surface area contributed by atoms with Gasteiger partial charge in [-0.3, -0.25) is 9.59 Å². The lowest BCUT2D eigenvalue weighted by atomic mass is 10.2.